The molecule has 0 atom stereocenters. The zero-order valence-electron chi connectivity index (χ0n) is 12.2. The van der Waals surface area contributed by atoms with Crippen molar-refractivity contribution in [2.75, 3.05) is 0 Å². The molecule has 0 aliphatic carbocycles. The Labute approximate surface area is 145 Å². The summed E-state index contributed by atoms with van der Waals surface area (Å²) in [6.45, 7) is -0.0359. The van der Waals surface area contributed by atoms with Crippen molar-refractivity contribution in [3.63, 3.8) is 0 Å². The van der Waals surface area contributed by atoms with Gasteiger partial charge in [0, 0.05) is 17.7 Å². The van der Waals surface area contributed by atoms with Crippen LogP contribution < -0.4 is 0 Å². The summed E-state index contributed by atoms with van der Waals surface area (Å²) in [5.74, 6) is -0.168. The lowest BCUT2D eigenvalue weighted by atomic mass is 10.3. The predicted molar refractivity (Wildman–Crippen MR) is 90.9 cm³/mol. The van der Waals surface area contributed by atoms with Gasteiger partial charge in [0.2, 0.25) is 5.89 Å². The lowest BCUT2D eigenvalue weighted by Crippen LogP contribution is -2.01. The number of thiazole rings is 1. The Bertz CT molecular complexity index is 1030. The van der Waals surface area contributed by atoms with E-state index in [4.69, 9.17) is 20.8 Å². The van der Waals surface area contributed by atoms with Crippen molar-refractivity contribution < 1.29 is 13.9 Å². The first kappa shape index (κ1) is 14.9. The van der Waals surface area contributed by atoms with E-state index < -0.39 is 5.97 Å². The summed E-state index contributed by atoms with van der Waals surface area (Å²) in [4.78, 5) is 21.1. The van der Waals surface area contributed by atoms with Gasteiger partial charge in [0.05, 0.1) is 5.69 Å². The van der Waals surface area contributed by atoms with Crippen molar-refractivity contribution in [3.8, 4) is 0 Å². The Hall–Kier alpha value is -2.64. The van der Waals surface area contributed by atoms with Gasteiger partial charge in [-0.15, -0.1) is 11.3 Å². The van der Waals surface area contributed by atoms with Gasteiger partial charge in [0.1, 0.15) is 5.52 Å². The first-order chi connectivity index (χ1) is 11.7. The molecule has 0 aliphatic rings. The highest BCUT2D eigenvalue weighted by molar-refractivity contribution is 7.15. The third-order valence-electron chi connectivity index (χ3n) is 3.31. The van der Waals surface area contributed by atoms with Crippen LogP contribution in [0, 0.1) is 0 Å². The van der Waals surface area contributed by atoms with Crippen LogP contribution in [0.1, 0.15) is 11.6 Å². The van der Waals surface area contributed by atoms with Crippen LogP contribution in [0.2, 0.25) is 5.15 Å². The Morgan fingerprint density at radius 1 is 1.38 bits per heavy atom. The summed E-state index contributed by atoms with van der Waals surface area (Å²) in [7, 11) is 0. The van der Waals surface area contributed by atoms with E-state index in [1.165, 1.54) is 17.4 Å². The highest BCUT2D eigenvalue weighted by atomic mass is 35.5. The summed E-state index contributed by atoms with van der Waals surface area (Å²) in [5.41, 5.74) is 2.02. The maximum absolute atomic E-state index is 11.9. The average Bonchev–Trinajstić information content (AvgIpc) is 3.25. The molecule has 0 unspecified atom stereocenters. The molecule has 1 aromatic carbocycles. The molecule has 3 heterocycles. The van der Waals surface area contributed by atoms with Crippen LogP contribution >= 0.6 is 22.9 Å². The second-order valence-corrected chi connectivity index (χ2v) is 6.09. The van der Waals surface area contributed by atoms with E-state index >= 15 is 0 Å². The number of fused-ring (bicyclic) bond motifs is 2. The molecule has 24 heavy (non-hydrogen) atoms. The second kappa shape index (κ2) is 6.10. The monoisotopic (exact) mass is 359 g/mol. The number of rotatable bonds is 4. The first-order valence-electron chi connectivity index (χ1n) is 7.01. The number of carbonyl (C=O) groups is 1. The number of halogens is 1. The van der Waals surface area contributed by atoms with E-state index in [2.05, 4.69) is 9.97 Å². The summed E-state index contributed by atoms with van der Waals surface area (Å²) < 4.78 is 12.4. The normalized spacial score (nSPS) is 11.7. The van der Waals surface area contributed by atoms with Gasteiger partial charge in [-0.25, -0.2) is 14.8 Å². The largest absolute Gasteiger partial charge is 0.453 e. The quantitative estimate of drug-likeness (QED) is 0.407. The van der Waals surface area contributed by atoms with Gasteiger partial charge in [0.25, 0.3) is 0 Å². The standard InChI is InChI=1S/C16H10ClN3O3S/c17-15-11(20-7-8-24-16(20)19-15)5-6-14(21)22-9-13-18-10-3-1-2-4-12(10)23-13/h1-8H,9H2/b6-5+. The molecule has 0 radical (unpaired) electrons. The van der Waals surface area contributed by atoms with E-state index in [0.29, 0.717) is 22.3 Å². The fraction of sp³-hybridized carbons (Fsp3) is 0.0625. The van der Waals surface area contributed by atoms with Crippen LogP contribution in [0.15, 0.2) is 46.3 Å². The molecule has 0 saturated carbocycles. The Balaban J connectivity index is 1.44. The van der Waals surface area contributed by atoms with Crippen molar-refractivity contribution in [1.82, 2.24) is 14.4 Å². The number of hydrogen-bond acceptors (Lipinski definition) is 6. The summed E-state index contributed by atoms with van der Waals surface area (Å²) >= 11 is 7.52. The van der Waals surface area contributed by atoms with Crippen LogP contribution in [0.4, 0.5) is 0 Å². The number of benzene rings is 1. The van der Waals surface area contributed by atoms with Crippen LogP contribution in [-0.4, -0.2) is 20.3 Å². The minimum Gasteiger partial charge on any atom is -0.453 e. The molecule has 0 N–H and O–H groups in total. The Kier molecular flexibility index (Phi) is 3.79. The zero-order chi connectivity index (χ0) is 16.5. The van der Waals surface area contributed by atoms with E-state index in [1.807, 2.05) is 29.8 Å². The third-order valence-corrected chi connectivity index (χ3v) is 4.34. The number of esters is 1. The molecule has 0 saturated heterocycles. The smallest absolute Gasteiger partial charge is 0.331 e. The number of ether oxygens (including phenoxy) is 1. The summed E-state index contributed by atoms with van der Waals surface area (Å²) in [6, 6.07) is 7.36. The van der Waals surface area contributed by atoms with Crippen LogP contribution in [0.3, 0.4) is 0 Å². The summed E-state index contributed by atoms with van der Waals surface area (Å²) in [6.07, 6.45) is 4.71. The van der Waals surface area contributed by atoms with E-state index in [-0.39, 0.29) is 6.61 Å². The lowest BCUT2D eigenvalue weighted by Gasteiger charge is -1.97. The van der Waals surface area contributed by atoms with E-state index in [0.717, 1.165) is 10.5 Å². The van der Waals surface area contributed by atoms with Gasteiger partial charge < -0.3 is 9.15 Å². The molecule has 0 bridgehead atoms. The molecule has 8 heteroatoms. The fourth-order valence-corrected chi connectivity index (χ4v) is 3.24. The molecule has 120 valence electrons. The van der Waals surface area contributed by atoms with Crippen LogP contribution in [-0.2, 0) is 16.1 Å². The SMILES string of the molecule is O=C(/C=C/c1c(Cl)nc2sccn12)OCc1nc2ccccc2o1. The minimum atomic E-state index is -0.515. The molecule has 0 fully saturated rings. The molecule has 3 aromatic heterocycles. The number of para-hydroxylation sites is 2. The maximum Gasteiger partial charge on any atom is 0.331 e. The Morgan fingerprint density at radius 3 is 3.12 bits per heavy atom. The van der Waals surface area contributed by atoms with Crippen molar-refractivity contribution in [1.29, 1.82) is 0 Å². The van der Waals surface area contributed by atoms with Crippen molar-refractivity contribution in [2.45, 2.75) is 6.61 Å². The fourth-order valence-electron chi connectivity index (χ4n) is 2.24. The molecule has 6 nitrogen and oxygen atoms in total. The highest BCUT2D eigenvalue weighted by Crippen LogP contribution is 2.22. The maximum atomic E-state index is 11.9. The third kappa shape index (κ3) is 2.79. The highest BCUT2D eigenvalue weighted by Gasteiger charge is 2.10. The van der Waals surface area contributed by atoms with Gasteiger partial charge in [-0.2, -0.15) is 0 Å². The molecule has 4 aromatic rings. The number of aromatic nitrogens is 3. The summed E-state index contributed by atoms with van der Waals surface area (Å²) in [5, 5.41) is 2.23. The molecule has 0 aliphatic heterocycles. The van der Waals surface area contributed by atoms with Crippen molar-refractivity contribution in [2.24, 2.45) is 0 Å². The predicted octanol–water partition coefficient (Wildman–Crippen LogP) is 3.95. The molecular formula is C16H10ClN3O3S. The van der Waals surface area contributed by atoms with Crippen LogP contribution in [0.25, 0.3) is 22.1 Å². The number of oxazole rings is 1. The number of carbonyl (C=O) groups excluding carboxylic acids is 1. The molecule has 0 amide bonds. The minimum absolute atomic E-state index is 0.0359. The van der Waals surface area contributed by atoms with Gasteiger partial charge in [0.15, 0.2) is 22.3 Å². The van der Waals surface area contributed by atoms with Gasteiger partial charge in [-0.1, -0.05) is 23.7 Å². The zero-order valence-corrected chi connectivity index (χ0v) is 13.8. The molecule has 4 rings (SSSR count). The van der Waals surface area contributed by atoms with Crippen LogP contribution in [0.5, 0.6) is 0 Å². The number of imidazole rings is 1. The van der Waals surface area contributed by atoms with Crippen molar-refractivity contribution >= 4 is 51.0 Å². The average molecular weight is 360 g/mol. The van der Waals surface area contributed by atoms with E-state index in [1.54, 1.807) is 16.5 Å². The number of nitrogens with zero attached hydrogens (tertiary/aromatic N) is 3. The lowest BCUT2D eigenvalue weighted by molar-refractivity contribution is -0.139. The van der Waals surface area contributed by atoms with E-state index in [9.17, 15) is 4.79 Å². The first-order valence-corrected chi connectivity index (χ1v) is 8.27. The number of hydrogen-bond donors (Lipinski definition) is 0. The topological polar surface area (TPSA) is 69.6 Å². The second-order valence-electron chi connectivity index (χ2n) is 4.86. The van der Waals surface area contributed by atoms with Gasteiger partial charge in [-0.05, 0) is 18.2 Å². The molecular weight excluding hydrogens is 350 g/mol. The molecule has 0 spiro atoms. The van der Waals surface area contributed by atoms with Crippen molar-refractivity contribution in [3.05, 3.63) is 58.7 Å². The van der Waals surface area contributed by atoms with Gasteiger partial charge >= 0.3 is 5.97 Å². The van der Waals surface area contributed by atoms with Gasteiger partial charge in [-0.3, -0.25) is 4.40 Å². The Morgan fingerprint density at radius 2 is 2.25 bits per heavy atom.